The molecule has 1 aromatic heterocycles. The zero-order valence-electron chi connectivity index (χ0n) is 30.2. The zero-order valence-corrected chi connectivity index (χ0v) is 31.7. The van der Waals surface area contributed by atoms with Gasteiger partial charge in [0.05, 0.1) is 19.8 Å². The molecule has 0 radical (unpaired) electrons. The predicted molar refractivity (Wildman–Crippen MR) is 197 cm³/mol. The SMILES string of the molecule is COc1ccc([C@H](Cc2c(Cl)c[n+](O)cc2Cl)OC(=O)c2ccc(CNC(C)(C(=O)O[C@H]3CN4CCC3CC4)c3ccccc3)cc2)cc1OC.O=C[O-]. The van der Waals surface area contributed by atoms with Crippen LogP contribution in [0.15, 0.2) is 85.2 Å². The molecule has 3 aliphatic rings. The molecule has 0 saturated carbocycles. The summed E-state index contributed by atoms with van der Waals surface area (Å²) < 4.78 is 23.9. The van der Waals surface area contributed by atoms with Crippen molar-refractivity contribution in [1.29, 1.82) is 0 Å². The lowest BCUT2D eigenvalue weighted by Gasteiger charge is -2.45. The minimum atomic E-state index is -1.09. The minimum absolute atomic E-state index is 0.113. The third-order valence-electron chi connectivity index (χ3n) is 9.94. The van der Waals surface area contributed by atoms with Crippen molar-refractivity contribution in [2.45, 2.75) is 50.5 Å². The van der Waals surface area contributed by atoms with Crippen LogP contribution in [0.5, 0.6) is 11.5 Å². The van der Waals surface area contributed by atoms with Gasteiger partial charge in [0.2, 0.25) is 12.4 Å². The van der Waals surface area contributed by atoms with E-state index in [0.717, 1.165) is 48.3 Å². The van der Waals surface area contributed by atoms with Gasteiger partial charge in [0, 0.05) is 36.3 Å². The summed E-state index contributed by atoms with van der Waals surface area (Å²) in [5.74, 6) is 0.502. The molecule has 12 nitrogen and oxygen atoms in total. The number of piperidine rings is 3. The van der Waals surface area contributed by atoms with Gasteiger partial charge in [-0.3, -0.25) is 15.4 Å². The van der Waals surface area contributed by atoms with Gasteiger partial charge in [0.25, 0.3) is 0 Å². The van der Waals surface area contributed by atoms with Gasteiger partial charge >= 0.3 is 11.9 Å². The molecule has 0 spiro atoms. The van der Waals surface area contributed by atoms with E-state index in [9.17, 15) is 14.8 Å². The molecule has 3 aliphatic heterocycles. The summed E-state index contributed by atoms with van der Waals surface area (Å²) in [6.07, 6.45) is 3.90. The third-order valence-corrected chi connectivity index (χ3v) is 10.6. The summed E-state index contributed by atoms with van der Waals surface area (Å²) in [6.45, 7) is 4.61. The van der Waals surface area contributed by atoms with E-state index < -0.39 is 24.1 Å². The number of esters is 2. The Morgan fingerprint density at radius 2 is 1.63 bits per heavy atom. The third kappa shape index (κ3) is 9.61. The second kappa shape index (κ2) is 18.4. The molecule has 0 amide bonds. The molecule has 4 heterocycles. The lowest BCUT2D eigenvalue weighted by Crippen LogP contribution is -2.55. The van der Waals surface area contributed by atoms with Crippen LogP contribution in [-0.2, 0) is 37.6 Å². The van der Waals surface area contributed by atoms with E-state index in [1.165, 1.54) is 26.6 Å². The number of methoxy groups -OCH3 is 2. The first kappa shape index (κ1) is 40.3. The first-order valence-electron chi connectivity index (χ1n) is 17.4. The summed E-state index contributed by atoms with van der Waals surface area (Å²) in [7, 11) is 3.06. The maximum absolute atomic E-state index is 13.9. The topological polar surface area (TPSA) is 151 Å². The van der Waals surface area contributed by atoms with Crippen LogP contribution in [0.25, 0.3) is 0 Å². The van der Waals surface area contributed by atoms with Crippen molar-refractivity contribution in [2.75, 3.05) is 33.9 Å². The van der Waals surface area contributed by atoms with Crippen molar-refractivity contribution < 1.29 is 48.4 Å². The molecule has 1 unspecified atom stereocenters. The smallest absolute Gasteiger partial charge is 0.338 e. The Morgan fingerprint density at radius 3 is 2.20 bits per heavy atom. The number of carboxylic acid groups (broad SMARTS) is 1. The van der Waals surface area contributed by atoms with E-state index >= 15 is 0 Å². The lowest BCUT2D eigenvalue weighted by atomic mass is 9.85. The van der Waals surface area contributed by atoms with E-state index in [4.69, 9.17) is 52.1 Å². The Bertz CT molecular complexity index is 1880. The second-order valence-corrected chi connectivity index (χ2v) is 14.1. The number of hydrogen-bond donors (Lipinski definition) is 2. The number of fused-ring (bicyclic) bond motifs is 3. The molecular weight excluding hydrogens is 737 g/mol. The number of halogens is 2. The Balaban J connectivity index is 0.00000181. The standard InChI is InChI=1S/C39H42Cl2N3O7.CH2O2/c1-39(29-7-5-4-6-8-29,38(46)51-36-24-43-17-15-26(36)16-18-43)42-21-25-9-11-27(12-10-25)37(45)50-34(20-30-31(40)22-44(47)23-32(30)41)28-13-14-33(48-2)35(19-28)49-3;2-1-3/h4-14,19,22-23,26,34,36,42,47H,15-18,20-21,24H2,1-3H3;1H,(H,2,3)/q+1;/p-1/t34-,36-,39?;/m0./s1. The van der Waals surface area contributed by atoms with Gasteiger partial charge in [0.1, 0.15) is 27.8 Å². The van der Waals surface area contributed by atoms with Crippen LogP contribution in [0.4, 0.5) is 0 Å². The fraction of sp³-hybridized carbons (Fsp3) is 0.350. The number of aromatic nitrogens is 1. The fourth-order valence-corrected chi connectivity index (χ4v) is 7.40. The first-order valence-corrected chi connectivity index (χ1v) is 18.1. The van der Waals surface area contributed by atoms with E-state index in [1.807, 2.05) is 49.4 Å². The summed E-state index contributed by atoms with van der Waals surface area (Å²) in [5.41, 5.74) is 2.03. The number of nitrogens with one attached hydrogen (secondary N) is 1. The van der Waals surface area contributed by atoms with Gasteiger partial charge in [0.15, 0.2) is 11.5 Å². The quantitative estimate of drug-likeness (QED) is 0.0843. The van der Waals surface area contributed by atoms with E-state index in [0.29, 0.717) is 40.7 Å². The largest absolute Gasteiger partial charge is 0.554 e. The van der Waals surface area contributed by atoms with Gasteiger partial charge in [-0.25, -0.2) is 9.59 Å². The highest BCUT2D eigenvalue weighted by molar-refractivity contribution is 6.35. The Labute approximate surface area is 324 Å². The summed E-state index contributed by atoms with van der Waals surface area (Å²) >= 11 is 12.9. The van der Waals surface area contributed by atoms with Crippen molar-refractivity contribution in [1.82, 2.24) is 10.2 Å². The average Bonchev–Trinajstić information content (AvgIpc) is 3.18. The average molecular weight is 781 g/mol. The number of ether oxygens (including phenoxy) is 4. The Kier molecular flexibility index (Phi) is 13.8. The number of carbonyl (C=O) groups is 3. The van der Waals surface area contributed by atoms with Crippen LogP contribution in [-0.4, -0.2) is 68.5 Å². The molecule has 3 aromatic carbocycles. The van der Waals surface area contributed by atoms with Crippen molar-refractivity contribution >= 4 is 41.6 Å². The molecule has 2 N–H and O–H groups in total. The fourth-order valence-electron chi connectivity index (χ4n) is 6.80. The van der Waals surface area contributed by atoms with Crippen molar-refractivity contribution in [3.63, 3.8) is 0 Å². The molecule has 14 heteroatoms. The highest BCUT2D eigenvalue weighted by Gasteiger charge is 2.42. The van der Waals surface area contributed by atoms with Crippen LogP contribution in [0.2, 0.25) is 10.0 Å². The van der Waals surface area contributed by atoms with Crippen LogP contribution < -0.4 is 24.6 Å². The maximum atomic E-state index is 13.9. The summed E-state index contributed by atoms with van der Waals surface area (Å²) in [5, 5.41) is 22.0. The summed E-state index contributed by atoms with van der Waals surface area (Å²) in [6, 6.07) is 21.8. The van der Waals surface area contributed by atoms with Crippen molar-refractivity contribution in [3.8, 4) is 11.5 Å². The van der Waals surface area contributed by atoms with Gasteiger partial charge in [-0.1, -0.05) is 71.7 Å². The number of carbonyl (C=O) groups excluding carboxylic acids is 3. The van der Waals surface area contributed by atoms with E-state index in [-0.39, 0.29) is 28.5 Å². The molecule has 3 fully saturated rings. The normalized spacial score (nSPS) is 18.9. The molecule has 4 aromatic rings. The molecule has 286 valence electrons. The number of pyridine rings is 1. The Morgan fingerprint density at radius 1 is 1.00 bits per heavy atom. The second-order valence-electron chi connectivity index (χ2n) is 13.2. The minimum Gasteiger partial charge on any atom is -0.554 e. The first-order chi connectivity index (χ1) is 26.0. The van der Waals surface area contributed by atoms with Crippen LogP contribution in [0, 0.1) is 5.92 Å². The van der Waals surface area contributed by atoms with Crippen LogP contribution in [0.3, 0.4) is 0 Å². The number of benzene rings is 3. The predicted octanol–water partition coefficient (Wildman–Crippen LogP) is 4.68. The number of nitrogens with zero attached hydrogens (tertiary/aromatic N) is 2. The zero-order chi connectivity index (χ0) is 38.8. The maximum Gasteiger partial charge on any atom is 0.338 e. The number of hydrogen-bond acceptors (Lipinski definition) is 11. The molecule has 0 aliphatic carbocycles. The monoisotopic (exact) mass is 779 g/mol. The molecule has 3 saturated heterocycles. The van der Waals surface area contributed by atoms with Gasteiger partial charge in [-0.2, -0.15) is 0 Å². The van der Waals surface area contributed by atoms with Crippen LogP contribution >= 0.6 is 23.2 Å². The summed E-state index contributed by atoms with van der Waals surface area (Å²) in [4.78, 5) is 38.1. The van der Waals surface area contributed by atoms with Gasteiger partial charge in [-0.15, -0.1) is 0 Å². The highest BCUT2D eigenvalue weighted by Crippen LogP contribution is 2.36. The van der Waals surface area contributed by atoms with Crippen LogP contribution in [0.1, 0.15) is 58.5 Å². The van der Waals surface area contributed by atoms with E-state index in [2.05, 4.69) is 10.2 Å². The van der Waals surface area contributed by atoms with Gasteiger partial charge < -0.3 is 28.8 Å². The molecule has 3 atom stereocenters. The van der Waals surface area contributed by atoms with Crippen molar-refractivity contribution in [2.24, 2.45) is 5.92 Å². The van der Waals surface area contributed by atoms with E-state index in [1.54, 1.807) is 30.3 Å². The molecule has 54 heavy (non-hydrogen) atoms. The molecule has 7 rings (SSSR count). The molecular formula is C40H43Cl2N3O9. The molecule has 2 bridgehead atoms. The van der Waals surface area contributed by atoms with Crippen molar-refractivity contribution in [3.05, 3.63) is 123 Å². The Hall–Kier alpha value is -4.88. The highest BCUT2D eigenvalue weighted by atomic mass is 35.5. The number of rotatable bonds is 13. The lowest BCUT2D eigenvalue weighted by molar-refractivity contribution is -0.904. The van der Waals surface area contributed by atoms with Gasteiger partial charge in [-0.05, 0) is 79.7 Å².